The Kier molecular flexibility index (Phi) is 2.71. The summed E-state index contributed by atoms with van der Waals surface area (Å²) in [6, 6.07) is 1.79. The van der Waals surface area contributed by atoms with Crippen LogP contribution in [-0.4, -0.2) is 21.7 Å². The van der Waals surface area contributed by atoms with E-state index in [2.05, 4.69) is 9.97 Å². The highest BCUT2D eigenvalue weighted by molar-refractivity contribution is 5.13. The van der Waals surface area contributed by atoms with E-state index in [0.717, 1.165) is 25.1 Å². The monoisotopic (exact) mass is 208 g/mol. The summed E-state index contributed by atoms with van der Waals surface area (Å²) in [5, 5.41) is 9.08. The fourth-order valence-electron chi connectivity index (χ4n) is 1.91. The molecule has 0 spiro atoms. The van der Waals surface area contributed by atoms with Gasteiger partial charge in [0.25, 0.3) is 0 Å². The second-order valence-corrected chi connectivity index (χ2v) is 4.17. The van der Waals surface area contributed by atoms with E-state index in [9.17, 15) is 0 Å². The van der Waals surface area contributed by atoms with Crippen LogP contribution in [0.4, 0.5) is 0 Å². The summed E-state index contributed by atoms with van der Waals surface area (Å²) in [7, 11) is 0. The van der Waals surface area contributed by atoms with Gasteiger partial charge in [-0.15, -0.1) is 0 Å². The first kappa shape index (κ1) is 10.5. The van der Waals surface area contributed by atoms with Crippen LogP contribution in [0.5, 0.6) is 0 Å². The van der Waals surface area contributed by atoms with Crippen LogP contribution in [0.15, 0.2) is 6.07 Å². The van der Waals surface area contributed by atoms with Gasteiger partial charge in [0, 0.05) is 12.3 Å². The van der Waals surface area contributed by atoms with Gasteiger partial charge in [-0.2, -0.15) is 0 Å². The fourth-order valence-corrected chi connectivity index (χ4v) is 1.91. The van der Waals surface area contributed by atoms with E-state index in [-0.39, 0.29) is 12.2 Å². The fraction of sp³-hybridized carbons (Fsp3) is 0.636. The molecule has 0 saturated carbocycles. The molecule has 4 heteroatoms. The van der Waals surface area contributed by atoms with Gasteiger partial charge < -0.3 is 9.84 Å². The van der Waals surface area contributed by atoms with Gasteiger partial charge in [0.05, 0.1) is 12.3 Å². The average Bonchev–Trinajstić information content (AvgIpc) is 2.65. The Hall–Kier alpha value is -1.00. The van der Waals surface area contributed by atoms with Crippen LogP contribution in [-0.2, 0) is 16.9 Å². The largest absolute Gasteiger partial charge is 0.390 e. The quantitative estimate of drug-likeness (QED) is 0.796. The molecule has 2 rings (SSSR count). The minimum atomic E-state index is -0.365. The number of nitrogens with zero attached hydrogens (tertiary/aromatic N) is 2. The lowest BCUT2D eigenvalue weighted by molar-refractivity contribution is 0.00883. The molecule has 2 heterocycles. The van der Waals surface area contributed by atoms with Crippen molar-refractivity contribution >= 4 is 0 Å². The SMILES string of the molecule is Cc1cc(CO)nc(C2(C)CCCO2)n1. The molecule has 0 bridgehead atoms. The molecule has 4 nitrogen and oxygen atoms in total. The van der Waals surface area contributed by atoms with Gasteiger partial charge in [0.2, 0.25) is 0 Å². The second kappa shape index (κ2) is 3.87. The Morgan fingerprint density at radius 2 is 2.33 bits per heavy atom. The number of hydrogen-bond acceptors (Lipinski definition) is 4. The average molecular weight is 208 g/mol. The molecule has 0 aromatic carbocycles. The summed E-state index contributed by atoms with van der Waals surface area (Å²) in [5.41, 5.74) is 1.17. The highest BCUT2D eigenvalue weighted by atomic mass is 16.5. The molecule has 0 aliphatic carbocycles. The molecule has 1 aliphatic heterocycles. The number of hydrogen-bond donors (Lipinski definition) is 1. The second-order valence-electron chi connectivity index (χ2n) is 4.17. The number of aliphatic hydroxyl groups is 1. The zero-order valence-electron chi connectivity index (χ0n) is 9.16. The minimum absolute atomic E-state index is 0.0492. The number of aryl methyl sites for hydroxylation is 1. The predicted molar refractivity (Wildman–Crippen MR) is 55.2 cm³/mol. The van der Waals surface area contributed by atoms with Gasteiger partial charge in [-0.05, 0) is 32.8 Å². The Balaban J connectivity index is 2.38. The number of aliphatic hydroxyl groups excluding tert-OH is 1. The summed E-state index contributed by atoms with van der Waals surface area (Å²) >= 11 is 0. The van der Waals surface area contributed by atoms with E-state index in [1.54, 1.807) is 6.07 Å². The van der Waals surface area contributed by atoms with Gasteiger partial charge in [-0.1, -0.05) is 0 Å². The number of ether oxygens (including phenoxy) is 1. The summed E-state index contributed by atoms with van der Waals surface area (Å²) in [6.45, 7) is 4.63. The number of rotatable bonds is 2. The van der Waals surface area contributed by atoms with Gasteiger partial charge in [-0.25, -0.2) is 9.97 Å². The van der Waals surface area contributed by atoms with E-state index in [1.807, 2.05) is 13.8 Å². The highest BCUT2D eigenvalue weighted by Crippen LogP contribution is 2.33. The molecule has 82 valence electrons. The van der Waals surface area contributed by atoms with Crippen molar-refractivity contribution in [2.75, 3.05) is 6.61 Å². The normalized spacial score (nSPS) is 25.8. The van der Waals surface area contributed by atoms with E-state index >= 15 is 0 Å². The van der Waals surface area contributed by atoms with Crippen LogP contribution in [0.2, 0.25) is 0 Å². The first-order valence-electron chi connectivity index (χ1n) is 5.24. The van der Waals surface area contributed by atoms with Gasteiger partial charge in [-0.3, -0.25) is 0 Å². The van der Waals surface area contributed by atoms with E-state index in [4.69, 9.17) is 9.84 Å². The van der Waals surface area contributed by atoms with Crippen LogP contribution in [0.25, 0.3) is 0 Å². The van der Waals surface area contributed by atoms with Crippen LogP contribution in [0, 0.1) is 6.92 Å². The van der Waals surface area contributed by atoms with Crippen molar-refractivity contribution in [3.63, 3.8) is 0 Å². The predicted octanol–water partition coefficient (Wildman–Crippen LogP) is 1.30. The van der Waals surface area contributed by atoms with Crippen molar-refractivity contribution in [1.82, 2.24) is 9.97 Å². The highest BCUT2D eigenvalue weighted by Gasteiger charge is 2.34. The third-order valence-electron chi connectivity index (χ3n) is 2.76. The van der Waals surface area contributed by atoms with Crippen LogP contribution < -0.4 is 0 Å². The van der Waals surface area contributed by atoms with Crippen molar-refractivity contribution in [1.29, 1.82) is 0 Å². The van der Waals surface area contributed by atoms with Gasteiger partial charge in [0.15, 0.2) is 5.82 Å². The zero-order valence-corrected chi connectivity index (χ0v) is 9.16. The Morgan fingerprint density at radius 3 is 2.93 bits per heavy atom. The molecule has 1 saturated heterocycles. The molecular weight excluding hydrogens is 192 g/mol. The van der Waals surface area contributed by atoms with E-state index in [1.165, 1.54) is 0 Å². The topological polar surface area (TPSA) is 55.2 Å². The van der Waals surface area contributed by atoms with Crippen LogP contribution in [0.3, 0.4) is 0 Å². The molecule has 1 aliphatic rings. The standard InChI is InChI=1S/C11H16N2O2/c1-8-6-9(7-14)13-10(12-8)11(2)4-3-5-15-11/h6,14H,3-5,7H2,1-2H3. The lowest BCUT2D eigenvalue weighted by Gasteiger charge is -2.21. The number of aromatic nitrogens is 2. The maximum atomic E-state index is 9.08. The molecule has 1 N–H and O–H groups in total. The Morgan fingerprint density at radius 1 is 1.53 bits per heavy atom. The smallest absolute Gasteiger partial charge is 0.160 e. The van der Waals surface area contributed by atoms with E-state index < -0.39 is 0 Å². The molecule has 1 atom stereocenters. The molecule has 15 heavy (non-hydrogen) atoms. The maximum absolute atomic E-state index is 9.08. The molecule has 1 aromatic heterocycles. The lowest BCUT2D eigenvalue weighted by atomic mass is 10.0. The summed E-state index contributed by atoms with van der Waals surface area (Å²) in [5.74, 6) is 0.698. The van der Waals surface area contributed by atoms with Gasteiger partial charge in [0.1, 0.15) is 5.60 Å². The lowest BCUT2D eigenvalue weighted by Crippen LogP contribution is -2.24. The van der Waals surface area contributed by atoms with Crippen molar-refractivity contribution in [2.45, 2.75) is 38.9 Å². The zero-order chi connectivity index (χ0) is 10.9. The van der Waals surface area contributed by atoms with Crippen molar-refractivity contribution in [3.05, 3.63) is 23.3 Å². The Labute approximate surface area is 89.3 Å². The molecule has 0 radical (unpaired) electrons. The Bertz CT molecular complexity index is 360. The minimum Gasteiger partial charge on any atom is -0.390 e. The third-order valence-corrected chi connectivity index (χ3v) is 2.76. The van der Waals surface area contributed by atoms with Crippen LogP contribution >= 0.6 is 0 Å². The summed E-state index contributed by atoms with van der Waals surface area (Å²) < 4.78 is 5.67. The van der Waals surface area contributed by atoms with Crippen LogP contribution in [0.1, 0.15) is 37.0 Å². The molecule has 1 unspecified atom stereocenters. The first-order chi connectivity index (χ1) is 7.14. The first-order valence-corrected chi connectivity index (χ1v) is 5.24. The van der Waals surface area contributed by atoms with Crippen molar-refractivity contribution in [2.24, 2.45) is 0 Å². The molecule has 0 amide bonds. The summed E-state index contributed by atoms with van der Waals surface area (Å²) in [6.07, 6.45) is 1.99. The van der Waals surface area contributed by atoms with Crippen molar-refractivity contribution in [3.8, 4) is 0 Å². The maximum Gasteiger partial charge on any atom is 0.160 e. The van der Waals surface area contributed by atoms with Gasteiger partial charge >= 0.3 is 0 Å². The third kappa shape index (κ3) is 2.01. The molecule has 1 fully saturated rings. The van der Waals surface area contributed by atoms with Crippen molar-refractivity contribution < 1.29 is 9.84 Å². The molecular formula is C11H16N2O2. The summed E-state index contributed by atoms with van der Waals surface area (Å²) in [4.78, 5) is 8.71. The van der Waals surface area contributed by atoms with E-state index in [0.29, 0.717) is 11.5 Å². The molecule has 1 aromatic rings.